The minimum atomic E-state index is -0.803. The molecule has 3 aliphatic rings. The van der Waals surface area contributed by atoms with Crippen LogP contribution in [0.5, 0.6) is 0 Å². The van der Waals surface area contributed by atoms with Crippen molar-refractivity contribution in [1.29, 1.82) is 0 Å². The maximum atomic E-state index is 14.8. The lowest BCUT2D eigenvalue weighted by Gasteiger charge is -2.43. The second-order valence-electron chi connectivity index (χ2n) is 12.8. The van der Waals surface area contributed by atoms with E-state index in [1.54, 1.807) is 38.6 Å². The Morgan fingerprint density at radius 1 is 1.05 bits per heavy atom. The monoisotopic (exact) mass is 601 g/mol. The van der Waals surface area contributed by atoms with Gasteiger partial charge in [-0.3, -0.25) is 14.4 Å². The third kappa shape index (κ3) is 5.44. The van der Waals surface area contributed by atoms with Gasteiger partial charge in [0.15, 0.2) is 0 Å². The molecule has 3 amide bonds. The van der Waals surface area contributed by atoms with Crippen LogP contribution in [0.4, 0.5) is 5.69 Å². The molecule has 6 atom stereocenters. The molecular formula is C35H43N3O4S. The van der Waals surface area contributed by atoms with Crippen molar-refractivity contribution < 1.29 is 19.5 Å². The molecule has 0 saturated carbocycles. The summed E-state index contributed by atoms with van der Waals surface area (Å²) in [6.07, 6.45) is 5.24. The molecule has 3 saturated heterocycles. The van der Waals surface area contributed by atoms with Crippen molar-refractivity contribution in [1.82, 2.24) is 9.80 Å². The van der Waals surface area contributed by atoms with Crippen molar-refractivity contribution in [2.45, 2.75) is 67.7 Å². The molecule has 2 aromatic carbocycles. The first-order valence-corrected chi connectivity index (χ1v) is 16.0. The highest BCUT2D eigenvalue weighted by molar-refractivity contribution is 8.02. The Morgan fingerprint density at radius 2 is 1.67 bits per heavy atom. The molecule has 3 fully saturated rings. The lowest BCUT2D eigenvalue weighted by molar-refractivity contribution is -0.148. The fourth-order valence-electron chi connectivity index (χ4n) is 7.39. The number of benzene rings is 2. The first kappa shape index (κ1) is 31.1. The number of para-hydroxylation sites is 1. The van der Waals surface area contributed by atoms with Crippen LogP contribution in [0.25, 0.3) is 0 Å². The SMILES string of the molecule is C=CCN(C(=O)[C@@H]1[C@H]2C(=O)N([C@@H](CO)Cc3ccccc3)C(C(=O)N(CC=C)C(C)(C)C)C23CC[C@H]1S3)c1ccccc1. The molecule has 0 radical (unpaired) electrons. The quantitative estimate of drug-likeness (QED) is 0.378. The van der Waals surface area contributed by atoms with E-state index in [1.165, 1.54) is 0 Å². The van der Waals surface area contributed by atoms with Gasteiger partial charge in [-0.05, 0) is 57.7 Å². The van der Waals surface area contributed by atoms with Crippen LogP contribution in [-0.4, -0.2) is 79.9 Å². The van der Waals surface area contributed by atoms with Crippen LogP contribution in [0.2, 0.25) is 0 Å². The topological polar surface area (TPSA) is 81.2 Å². The number of anilines is 1. The fourth-order valence-corrected chi connectivity index (χ4v) is 9.59. The molecule has 1 spiro atoms. The number of rotatable bonds is 11. The summed E-state index contributed by atoms with van der Waals surface area (Å²) in [4.78, 5) is 49.1. The van der Waals surface area contributed by atoms with E-state index in [1.807, 2.05) is 81.4 Å². The third-order valence-corrected chi connectivity index (χ3v) is 11.2. The van der Waals surface area contributed by atoms with E-state index in [9.17, 15) is 19.5 Å². The summed E-state index contributed by atoms with van der Waals surface area (Å²) < 4.78 is -0.759. The highest BCUT2D eigenvalue weighted by atomic mass is 32.2. The molecule has 2 unspecified atom stereocenters. The van der Waals surface area contributed by atoms with Crippen molar-refractivity contribution in [2.75, 3.05) is 24.6 Å². The Balaban J connectivity index is 1.60. The van der Waals surface area contributed by atoms with Crippen molar-refractivity contribution in [3.63, 3.8) is 0 Å². The Morgan fingerprint density at radius 3 is 2.26 bits per heavy atom. The number of hydrogen-bond acceptors (Lipinski definition) is 5. The molecule has 228 valence electrons. The summed E-state index contributed by atoms with van der Waals surface area (Å²) in [7, 11) is 0. The van der Waals surface area contributed by atoms with Gasteiger partial charge >= 0.3 is 0 Å². The molecule has 0 aromatic heterocycles. The second kappa shape index (κ2) is 12.3. The maximum absolute atomic E-state index is 14.8. The van der Waals surface area contributed by atoms with Gasteiger partial charge < -0.3 is 19.8 Å². The van der Waals surface area contributed by atoms with Crippen molar-refractivity contribution in [3.8, 4) is 0 Å². The molecule has 7 nitrogen and oxygen atoms in total. The number of nitrogens with zero attached hydrogens (tertiary/aromatic N) is 3. The molecular weight excluding hydrogens is 558 g/mol. The lowest BCUT2D eigenvalue weighted by Crippen LogP contribution is -2.61. The molecule has 3 aliphatic heterocycles. The Labute approximate surface area is 259 Å². The highest BCUT2D eigenvalue weighted by Crippen LogP contribution is 2.67. The van der Waals surface area contributed by atoms with Crippen LogP contribution in [0.15, 0.2) is 86.0 Å². The van der Waals surface area contributed by atoms with E-state index in [4.69, 9.17) is 0 Å². The van der Waals surface area contributed by atoms with E-state index in [0.717, 1.165) is 17.7 Å². The number of hydrogen-bond donors (Lipinski definition) is 1. The Bertz CT molecular complexity index is 1360. The predicted octanol–water partition coefficient (Wildman–Crippen LogP) is 4.71. The average molecular weight is 602 g/mol. The van der Waals surface area contributed by atoms with Gasteiger partial charge in [-0.1, -0.05) is 60.7 Å². The largest absolute Gasteiger partial charge is 0.394 e. The number of carbonyl (C=O) groups excluding carboxylic acids is 3. The molecule has 8 heteroatoms. The summed E-state index contributed by atoms with van der Waals surface area (Å²) in [6, 6.07) is 17.8. The van der Waals surface area contributed by atoms with Crippen LogP contribution >= 0.6 is 11.8 Å². The van der Waals surface area contributed by atoms with Gasteiger partial charge in [-0.25, -0.2) is 0 Å². The normalized spacial score (nSPS) is 26.6. The summed E-state index contributed by atoms with van der Waals surface area (Å²) in [5.74, 6) is -1.71. The second-order valence-corrected chi connectivity index (χ2v) is 14.4. The van der Waals surface area contributed by atoms with E-state index in [2.05, 4.69) is 13.2 Å². The number of thioether (sulfide) groups is 1. The smallest absolute Gasteiger partial charge is 0.247 e. The van der Waals surface area contributed by atoms with Gasteiger partial charge in [0.05, 0.1) is 29.2 Å². The zero-order valence-electron chi connectivity index (χ0n) is 25.4. The van der Waals surface area contributed by atoms with Gasteiger partial charge in [-0.15, -0.1) is 24.9 Å². The zero-order chi connectivity index (χ0) is 30.9. The van der Waals surface area contributed by atoms with Crippen LogP contribution in [0.1, 0.15) is 39.2 Å². The van der Waals surface area contributed by atoms with Crippen molar-refractivity contribution in [3.05, 3.63) is 91.5 Å². The van der Waals surface area contributed by atoms with Crippen LogP contribution in [0, 0.1) is 11.8 Å². The van der Waals surface area contributed by atoms with Crippen molar-refractivity contribution in [2.24, 2.45) is 11.8 Å². The number of aliphatic hydroxyl groups is 1. The zero-order valence-corrected chi connectivity index (χ0v) is 26.2. The van der Waals surface area contributed by atoms with Gasteiger partial charge in [0, 0.05) is 29.6 Å². The van der Waals surface area contributed by atoms with Gasteiger partial charge in [0.1, 0.15) is 6.04 Å². The summed E-state index contributed by atoms with van der Waals surface area (Å²) in [5.41, 5.74) is 1.21. The van der Waals surface area contributed by atoms with E-state index in [0.29, 0.717) is 25.9 Å². The van der Waals surface area contributed by atoms with Gasteiger partial charge in [0.25, 0.3) is 0 Å². The number of aliphatic hydroxyl groups excluding tert-OH is 1. The average Bonchev–Trinajstić information content (AvgIpc) is 3.64. The number of carbonyl (C=O) groups is 3. The minimum absolute atomic E-state index is 0.0703. The third-order valence-electron chi connectivity index (χ3n) is 9.21. The van der Waals surface area contributed by atoms with Gasteiger partial charge in [0.2, 0.25) is 17.7 Å². The van der Waals surface area contributed by atoms with E-state index >= 15 is 0 Å². The maximum Gasteiger partial charge on any atom is 0.247 e. The molecule has 43 heavy (non-hydrogen) atoms. The molecule has 3 heterocycles. The molecule has 5 rings (SSSR count). The number of likely N-dealkylation sites (tertiary alicyclic amines) is 1. The molecule has 1 N–H and O–H groups in total. The predicted molar refractivity (Wildman–Crippen MR) is 173 cm³/mol. The molecule has 2 aromatic rings. The van der Waals surface area contributed by atoms with E-state index < -0.39 is 34.2 Å². The van der Waals surface area contributed by atoms with Crippen molar-refractivity contribution >= 4 is 35.2 Å². The minimum Gasteiger partial charge on any atom is -0.394 e. The van der Waals surface area contributed by atoms with Gasteiger partial charge in [-0.2, -0.15) is 0 Å². The fraction of sp³-hybridized carbons (Fsp3) is 0.457. The molecule has 0 aliphatic carbocycles. The van der Waals surface area contributed by atoms with Crippen LogP contribution in [-0.2, 0) is 20.8 Å². The summed E-state index contributed by atoms with van der Waals surface area (Å²) in [5, 5.41) is 10.7. The molecule has 2 bridgehead atoms. The lowest BCUT2D eigenvalue weighted by atomic mass is 9.70. The van der Waals surface area contributed by atoms with Crippen LogP contribution in [0.3, 0.4) is 0 Å². The Kier molecular flexibility index (Phi) is 8.91. The standard InChI is InChI=1S/C35H43N3O4S/c1-6-20-36(25-16-12-9-13-17-25)31(40)28-27-18-19-35(43-27)29(28)32(41)38(26(23-39)22-24-14-10-8-11-15-24)30(35)33(42)37(21-7-2)34(3,4)5/h6-17,26-30,39H,1-2,18-23H2,3-5H3/t26-,27-,28+,29+,30?,35?/m1/s1. The highest BCUT2D eigenvalue weighted by Gasteiger charge is 2.74. The summed E-state index contributed by atoms with van der Waals surface area (Å²) in [6.45, 7) is 14.1. The Hall–Kier alpha value is -3.36. The summed E-state index contributed by atoms with van der Waals surface area (Å²) >= 11 is 1.65. The first-order chi connectivity index (χ1) is 20.6. The van der Waals surface area contributed by atoms with E-state index in [-0.39, 0.29) is 29.6 Å². The van der Waals surface area contributed by atoms with Crippen LogP contribution < -0.4 is 4.90 Å². The number of fused-ring (bicyclic) bond motifs is 1. The first-order valence-electron chi connectivity index (χ1n) is 15.1. The number of amides is 3.